The van der Waals surface area contributed by atoms with Crippen LogP contribution in [0, 0.1) is 5.41 Å². The van der Waals surface area contributed by atoms with E-state index < -0.39 is 33.8 Å². The van der Waals surface area contributed by atoms with Crippen molar-refractivity contribution >= 4 is 50.4 Å². The Morgan fingerprint density at radius 2 is 2.02 bits per heavy atom. The van der Waals surface area contributed by atoms with Crippen LogP contribution in [0.25, 0.3) is 0 Å². The fourth-order valence-electron chi connectivity index (χ4n) is 4.19. The molecule has 8 N–H and O–H groups in total. The SMILES string of the molecule is CC1(C)C(NC(=O)/C(=N\OCCOc2ccc3c(c2)CN(C(=N)NOCCN)C3)c2csc(N)n2)C(=O)N1OS(=O)(=O)O. The number of amides is 2. The van der Waals surface area contributed by atoms with Crippen LogP contribution in [-0.2, 0) is 47.0 Å². The van der Waals surface area contributed by atoms with E-state index in [1.54, 1.807) is 11.0 Å². The first-order valence-electron chi connectivity index (χ1n) is 12.7. The average Bonchev–Trinajstić information content (AvgIpc) is 3.57. The largest absolute Gasteiger partial charge is 0.490 e. The van der Waals surface area contributed by atoms with Crippen LogP contribution in [-0.4, -0.2) is 89.3 Å². The van der Waals surface area contributed by atoms with E-state index in [2.05, 4.69) is 25.2 Å². The Balaban J connectivity index is 1.32. The van der Waals surface area contributed by atoms with Crippen LogP contribution in [0.5, 0.6) is 5.75 Å². The van der Waals surface area contributed by atoms with Crippen molar-refractivity contribution in [3.8, 4) is 5.75 Å². The van der Waals surface area contributed by atoms with E-state index >= 15 is 0 Å². The predicted molar refractivity (Wildman–Crippen MR) is 152 cm³/mol. The molecule has 0 saturated carbocycles. The number of hydroxylamine groups is 3. The fourth-order valence-corrected chi connectivity index (χ4v) is 5.19. The van der Waals surface area contributed by atoms with Gasteiger partial charge in [-0.15, -0.1) is 15.6 Å². The molecule has 3 heterocycles. The molecule has 2 aromatic rings. The fraction of sp³-hybridized carbons (Fsp3) is 0.435. The van der Waals surface area contributed by atoms with Gasteiger partial charge in [-0.25, -0.2) is 10.5 Å². The molecule has 234 valence electrons. The summed E-state index contributed by atoms with van der Waals surface area (Å²) in [4.78, 5) is 41.8. The number of ether oxygens (including phenoxy) is 1. The molecular formula is C23H31N9O9S2. The third-order valence-electron chi connectivity index (χ3n) is 6.31. The number of β-lactam (4-membered cyclic amide) rings is 1. The number of anilines is 1. The van der Waals surface area contributed by atoms with Gasteiger partial charge >= 0.3 is 10.4 Å². The quantitative estimate of drug-likeness (QED) is 0.0387. The molecule has 0 bridgehead atoms. The number of fused-ring (bicyclic) bond motifs is 1. The third kappa shape index (κ3) is 7.66. The first-order valence-corrected chi connectivity index (χ1v) is 14.9. The van der Waals surface area contributed by atoms with Crippen LogP contribution in [0.2, 0.25) is 0 Å². The molecule has 0 aliphatic carbocycles. The molecule has 2 aliphatic heterocycles. The number of guanidine groups is 1. The second kappa shape index (κ2) is 13.1. The number of carbonyl (C=O) groups excluding carboxylic acids is 2. The molecule has 43 heavy (non-hydrogen) atoms. The van der Waals surface area contributed by atoms with Crippen LogP contribution in [0.15, 0.2) is 28.7 Å². The topological polar surface area (TPSA) is 257 Å². The molecule has 0 spiro atoms. The Bertz CT molecular complexity index is 1510. The molecule has 1 aromatic carbocycles. The molecule has 1 saturated heterocycles. The summed E-state index contributed by atoms with van der Waals surface area (Å²) < 4.78 is 41.1. The van der Waals surface area contributed by atoms with Gasteiger partial charge in [-0.1, -0.05) is 11.2 Å². The Morgan fingerprint density at radius 3 is 2.67 bits per heavy atom. The van der Waals surface area contributed by atoms with E-state index in [9.17, 15) is 18.0 Å². The molecule has 1 fully saturated rings. The monoisotopic (exact) mass is 641 g/mol. The summed E-state index contributed by atoms with van der Waals surface area (Å²) in [6.07, 6.45) is 0. The van der Waals surface area contributed by atoms with E-state index in [1.165, 1.54) is 19.2 Å². The van der Waals surface area contributed by atoms with Gasteiger partial charge in [0.1, 0.15) is 24.1 Å². The molecule has 0 radical (unpaired) electrons. The van der Waals surface area contributed by atoms with Gasteiger partial charge in [0.2, 0.25) is 5.96 Å². The normalized spacial score (nSPS) is 17.7. The van der Waals surface area contributed by atoms with Crippen molar-refractivity contribution in [1.82, 2.24) is 25.7 Å². The standard InChI is InChI=1S/C23H31N9O9S2/c1-23(2)18(20(34)32(23)41-43(35,36)37)28-19(33)17(16-12-42-22(26)27-16)29-40-8-7-38-15-4-3-13-10-31(11-14(13)9-15)21(25)30-39-6-5-24/h3-4,9,12,18H,5-8,10-11,24H2,1-2H3,(H2,25,30)(H2,26,27)(H,28,33)(H,35,36,37)/b29-17-. The Hall–Kier alpha value is -4.08. The van der Waals surface area contributed by atoms with Crippen molar-refractivity contribution in [2.24, 2.45) is 10.9 Å². The number of carbonyl (C=O) groups is 2. The summed E-state index contributed by atoms with van der Waals surface area (Å²) in [6.45, 7) is 4.49. The average molecular weight is 642 g/mol. The lowest BCUT2D eigenvalue weighted by atomic mass is 9.84. The summed E-state index contributed by atoms with van der Waals surface area (Å²) in [5, 5.41) is 16.5. The van der Waals surface area contributed by atoms with E-state index in [1.807, 2.05) is 12.1 Å². The molecule has 2 amide bonds. The van der Waals surface area contributed by atoms with Crippen molar-refractivity contribution in [3.63, 3.8) is 0 Å². The molecule has 1 aromatic heterocycles. The summed E-state index contributed by atoms with van der Waals surface area (Å²) in [5.74, 6) is -1.07. The second-order valence-corrected chi connectivity index (χ2v) is 11.7. The van der Waals surface area contributed by atoms with E-state index in [0.29, 0.717) is 30.4 Å². The van der Waals surface area contributed by atoms with E-state index in [-0.39, 0.29) is 42.3 Å². The first-order chi connectivity index (χ1) is 20.3. The molecular weight excluding hydrogens is 610 g/mol. The number of hydrogen-bond donors (Lipinski definition) is 6. The summed E-state index contributed by atoms with van der Waals surface area (Å²) in [7, 11) is -4.95. The highest BCUT2D eigenvalue weighted by Crippen LogP contribution is 2.33. The molecule has 4 rings (SSSR count). The van der Waals surface area contributed by atoms with Gasteiger partial charge in [0.15, 0.2) is 17.5 Å². The molecule has 18 nitrogen and oxygen atoms in total. The Kier molecular flexibility index (Phi) is 9.67. The van der Waals surface area contributed by atoms with Crippen LogP contribution in [0.1, 0.15) is 30.7 Å². The number of oxime groups is 1. The van der Waals surface area contributed by atoms with Gasteiger partial charge < -0.3 is 31.3 Å². The van der Waals surface area contributed by atoms with Crippen LogP contribution in [0.4, 0.5) is 5.13 Å². The smallest absolute Gasteiger partial charge is 0.418 e. The molecule has 1 atom stereocenters. The molecule has 2 aliphatic rings. The summed E-state index contributed by atoms with van der Waals surface area (Å²) in [5.41, 5.74) is 14.1. The van der Waals surface area contributed by atoms with Crippen molar-refractivity contribution in [3.05, 3.63) is 40.4 Å². The highest BCUT2D eigenvalue weighted by molar-refractivity contribution is 7.80. The third-order valence-corrected chi connectivity index (χ3v) is 7.32. The van der Waals surface area contributed by atoms with Gasteiger partial charge in [-0.05, 0) is 37.1 Å². The minimum Gasteiger partial charge on any atom is -0.490 e. The maximum atomic E-state index is 13.1. The maximum absolute atomic E-state index is 13.1. The van der Waals surface area contributed by atoms with Crippen LogP contribution >= 0.6 is 11.3 Å². The van der Waals surface area contributed by atoms with Crippen LogP contribution in [0.3, 0.4) is 0 Å². The van der Waals surface area contributed by atoms with Gasteiger partial charge in [0.25, 0.3) is 11.8 Å². The Labute approximate surface area is 250 Å². The maximum Gasteiger partial charge on any atom is 0.418 e. The lowest BCUT2D eigenvalue weighted by molar-refractivity contribution is -0.218. The van der Waals surface area contributed by atoms with Crippen molar-refractivity contribution in [2.45, 2.75) is 38.5 Å². The van der Waals surface area contributed by atoms with Crippen molar-refractivity contribution < 1.29 is 41.3 Å². The summed E-state index contributed by atoms with van der Waals surface area (Å²) in [6, 6.07) is 4.34. The number of benzene rings is 1. The lowest BCUT2D eigenvalue weighted by Gasteiger charge is -2.50. The van der Waals surface area contributed by atoms with Gasteiger partial charge in [-0.2, -0.15) is 13.5 Å². The minimum atomic E-state index is -4.95. The second-order valence-electron chi connectivity index (χ2n) is 9.76. The number of aromatic nitrogens is 1. The Morgan fingerprint density at radius 1 is 1.28 bits per heavy atom. The number of rotatable bonds is 13. The zero-order chi connectivity index (χ0) is 31.4. The summed E-state index contributed by atoms with van der Waals surface area (Å²) >= 11 is 1.06. The van der Waals surface area contributed by atoms with Crippen LogP contribution < -0.4 is 27.0 Å². The minimum absolute atomic E-state index is 0.0590. The first kappa shape index (κ1) is 31.8. The molecule has 20 heteroatoms. The van der Waals surface area contributed by atoms with Crippen molar-refractivity contribution in [2.75, 3.05) is 32.1 Å². The predicted octanol–water partition coefficient (Wildman–Crippen LogP) is -0.905. The van der Waals surface area contributed by atoms with E-state index in [0.717, 1.165) is 22.5 Å². The zero-order valence-electron chi connectivity index (χ0n) is 23.1. The van der Waals surface area contributed by atoms with Gasteiger partial charge in [0.05, 0.1) is 12.1 Å². The van der Waals surface area contributed by atoms with E-state index in [4.69, 9.17) is 35.8 Å². The number of thiazole rings is 1. The highest BCUT2D eigenvalue weighted by Gasteiger charge is 2.58. The van der Waals surface area contributed by atoms with Gasteiger partial charge in [-0.3, -0.25) is 24.4 Å². The van der Waals surface area contributed by atoms with Gasteiger partial charge in [0, 0.05) is 25.0 Å². The number of nitrogens with two attached hydrogens (primary N) is 2. The molecule has 1 unspecified atom stereocenters. The lowest BCUT2D eigenvalue weighted by Crippen LogP contribution is -2.76. The number of nitrogens with zero attached hydrogens (tertiary/aromatic N) is 4. The zero-order valence-corrected chi connectivity index (χ0v) is 24.7. The number of nitrogens with one attached hydrogen (secondary N) is 3. The number of nitrogen functional groups attached to an aromatic ring is 1. The van der Waals surface area contributed by atoms with Crippen molar-refractivity contribution in [1.29, 1.82) is 5.41 Å². The highest BCUT2D eigenvalue weighted by atomic mass is 32.3. The number of hydrogen-bond acceptors (Lipinski definition) is 14.